The fraction of sp³-hybridized carbons (Fsp3) is 0.565. The first-order valence-corrected chi connectivity index (χ1v) is 10.3. The molecule has 4 bridgehead atoms. The van der Waals surface area contributed by atoms with Crippen LogP contribution in [-0.4, -0.2) is 5.54 Å². The topological polar surface area (TPSA) is 25.2 Å². The summed E-state index contributed by atoms with van der Waals surface area (Å²) in [7, 11) is 0. The van der Waals surface area contributed by atoms with Crippen molar-refractivity contribution in [3.63, 3.8) is 0 Å². The highest BCUT2D eigenvalue weighted by molar-refractivity contribution is 6.30. The highest BCUT2D eigenvalue weighted by atomic mass is 35.5. The van der Waals surface area contributed by atoms with Crippen LogP contribution in [0.15, 0.2) is 40.8 Å². The van der Waals surface area contributed by atoms with Gasteiger partial charge in [0.25, 0.3) is 0 Å². The van der Waals surface area contributed by atoms with Crippen LogP contribution in [0.2, 0.25) is 5.02 Å². The number of rotatable bonds is 4. The lowest BCUT2D eigenvalue weighted by molar-refractivity contribution is -0.118. The van der Waals surface area contributed by atoms with Gasteiger partial charge in [-0.15, -0.1) is 0 Å². The molecular weight excluding hydrogens is 342 g/mol. The second kappa shape index (κ2) is 5.62. The first-order valence-electron chi connectivity index (χ1n) is 9.94. The molecule has 6 rings (SSSR count). The molecule has 1 aromatic carbocycles. The number of benzene rings is 1. The van der Waals surface area contributed by atoms with Crippen LogP contribution in [0.4, 0.5) is 0 Å². The molecule has 2 unspecified atom stereocenters. The summed E-state index contributed by atoms with van der Waals surface area (Å²) < 4.78 is 6.12. The maximum atomic E-state index is 6.12. The van der Waals surface area contributed by atoms with Crippen LogP contribution >= 0.6 is 11.6 Å². The van der Waals surface area contributed by atoms with E-state index in [2.05, 4.69) is 31.3 Å². The number of furan rings is 1. The zero-order valence-corrected chi connectivity index (χ0v) is 16.5. The molecule has 2 aromatic rings. The molecule has 4 saturated carbocycles. The summed E-state index contributed by atoms with van der Waals surface area (Å²) in [6, 6.07) is 12.0. The van der Waals surface area contributed by atoms with E-state index >= 15 is 0 Å². The maximum absolute atomic E-state index is 6.12. The van der Waals surface area contributed by atoms with Crippen LogP contribution in [-0.2, 0) is 6.54 Å². The van der Waals surface area contributed by atoms with Crippen molar-refractivity contribution >= 4 is 11.6 Å². The Morgan fingerprint density at radius 2 is 1.81 bits per heavy atom. The smallest absolute Gasteiger partial charge is 0.134 e. The second-order valence-corrected chi connectivity index (χ2v) is 10.5. The van der Waals surface area contributed by atoms with Gasteiger partial charge in [-0.2, -0.15) is 0 Å². The predicted molar refractivity (Wildman–Crippen MR) is 106 cm³/mol. The molecule has 138 valence electrons. The number of nitrogens with one attached hydrogen (secondary N) is 1. The van der Waals surface area contributed by atoms with E-state index in [0.29, 0.717) is 16.4 Å². The van der Waals surface area contributed by atoms with Gasteiger partial charge in [0, 0.05) is 16.1 Å². The lowest BCUT2D eigenvalue weighted by Gasteiger charge is -2.65. The fourth-order valence-corrected chi connectivity index (χ4v) is 7.38. The van der Waals surface area contributed by atoms with Crippen molar-refractivity contribution in [3.05, 3.63) is 47.2 Å². The summed E-state index contributed by atoms with van der Waals surface area (Å²) in [5, 5.41) is 4.69. The molecule has 4 aliphatic carbocycles. The Bertz CT molecular complexity index is 822. The molecule has 4 aliphatic rings. The van der Waals surface area contributed by atoms with Crippen molar-refractivity contribution in [1.82, 2.24) is 5.32 Å². The average Bonchev–Trinajstić information content (AvgIpc) is 2.99. The second-order valence-electron chi connectivity index (χ2n) is 10.0. The van der Waals surface area contributed by atoms with E-state index < -0.39 is 0 Å². The first-order chi connectivity index (χ1) is 12.3. The van der Waals surface area contributed by atoms with E-state index in [1.54, 1.807) is 0 Å². The summed E-state index contributed by atoms with van der Waals surface area (Å²) in [6.45, 7) is 5.87. The van der Waals surface area contributed by atoms with Gasteiger partial charge in [0.05, 0.1) is 6.54 Å². The molecule has 4 fully saturated rings. The molecule has 1 heterocycles. The van der Waals surface area contributed by atoms with Gasteiger partial charge in [0.15, 0.2) is 0 Å². The van der Waals surface area contributed by atoms with Crippen molar-refractivity contribution in [3.8, 4) is 11.3 Å². The van der Waals surface area contributed by atoms with E-state index in [4.69, 9.17) is 16.0 Å². The molecule has 2 atom stereocenters. The van der Waals surface area contributed by atoms with Crippen LogP contribution in [0, 0.1) is 16.7 Å². The van der Waals surface area contributed by atoms with E-state index in [1.807, 2.05) is 24.3 Å². The average molecular weight is 370 g/mol. The summed E-state index contributed by atoms with van der Waals surface area (Å²) >= 11 is 6.11. The van der Waals surface area contributed by atoms with Gasteiger partial charge in [-0.05, 0) is 79.5 Å². The van der Waals surface area contributed by atoms with Gasteiger partial charge in [0.1, 0.15) is 11.5 Å². The maximum Gasteiger partial charge on any atom is 0.134 e. The van der Waals surface area contributed by atoms with Gasteiger partial charge in [-0.3, -0.25) is 0 Å². The molecule has 1 aromatic heterocycles. The Morgan fingerprint density at radius 1 is 1.04 bits per heavy atom. The van der Waals surface area contributed by atoms with Crippen molar-refractivity contribution in [2.45, 2.75) is 64.5 Å². The highest BCUT2D eigenvalue weighted by Gasteiger charge is 2.59. The van der Waals surface area contributed by atoms with Crippen molar-refractivity contribution in [1.29, 1.82) is 0 Å². The first kappa shape index (κ1) is 16.9. The third-order valence-corrected chi connectivity index (χ3v) is 7.27. The minimum atomic E-state index is 0.311. The minimum absolute atomic E-state index is 0.311. The van der Waals surface area contributed by atoms with Crippen molar-refractivity contribution < 1.29 is 4.42 Å². The molecule has 0 saturated heterocycles. The minimum Gasteiger partial charge on any atom is -0.460 e. The fourth-order valence-electron chi connectivity index (χ4n) is 7.19. The summed E-state index contributed by atoms with van der Waals surface area (Å²) in [4.78, 5) is 0. The summed E-state index contributed by atoms with van der Waals surface area (Å²) in [6.07, 6.45) is 8.29. The third-order valence-electron chi connectivity index (χ3n) is 7.03. The third kappa shape index (κ3) is 2.92. The van der Waals surface area contributed by atoms with Gasteiger partial charge in [0.2, 0.25) is 0 Å². The van der Waals surface area contributed by atoms with Gasteiger partial charge < -0.3 is 9.73 Å². The predicted octanol–water partition coefficient (Wildman–Crippen LogP) is 6.44. The largest absolute Gasteiger partial charge is 0.460 e. The van der Waals surface area contributed by atoms with E-state index in [-0.39, 0.29) is 0 Å². The quantitative estimate of drug-likeness (QED) is 0.670. The number of hydrogen-bond donors (Lipinski definition) is 1. The number of halogens is 1. The highest BCUT2D eigenvalue weighted by Crippen LogP contribution is 2.66. The van der Waals surface area contributed by atoms with E-state index in [0.717, 1.165) is 34.6 Å². The lowest BCUT2D eigenvalue weighted by atomic mass is 9.43. The van der Waals surface area contributed by atoms with Gasteiger partial charge in [-0.1, -0.05) is 37.6 Å². The Balaban J connectivity index is 1.33. The van der Waals surface area contributed by atoms with Crippen molar-refractivity contribution in [2.24, 2.45) is 16.7 Å². The van der Waals surface area contributed by atoms with Gasteiger partial charge in [-0.25, -0.2) is 0 Å². The van der Waals surface area contributed by atoms with E-state index in [9.17, 15) is 0 Å². The molecule has 0 aliphatic heterocycles. The molecule has 2 nitrogen and oxygen atoms in total. The Kier molecular flexibility index (Phi) is 3.65. The van der Waals surface area contributed by atoms with Crippen LogP contribution in [0.5, 0.6) is 0 Å². The zero-order chi connectivity index (χ0) is 18.0. The van der Waals surface area contributed by atoms with E-state index in [1.165, 1.54) is 38.5 Å². The number of hydrogen-bond acceptors (Lipinski definition) is 2. The zero-order valence-electron chi connectivity index (χ0n) is 15.8. The normalized spacial score (nSPS) is 38.0. The molecule has 1 N–H and O–H groups in total. The summed E-state index contributed by atoms with van der Waals surface area (Å²) in [5.74, 6) is 2.83. The van der Waals surface area contributed by atoms with Crippen LogP contribution < -0.4 is 5.32 Å². The Hall–Kier alpha value is -1.25. The van der Waals surface area contributed by atoms with Crippen molar-refractivity contribution in [2.75, 3.05) is 0 Å². The molecule has 0 spiro atoms. The standard InChI is InChI=1S/C23H28ClNO/c1-21-9-16-10-22(2,13-21)15-23(11-16,14-21)25-12-19-6-7-20(26-19)17-4-3-5-18(24)8-17/h3-8,16,25H,9-15H2,1-2H3. The van der Waals surface area contributed by atoms with Crippen LogP contribution in [0.3, 0.4) is 0 Å². The Labute approximate surface area is 161 Å². The van der Waals surface area contributed by atoms with Gasteiger partial charge >= 0.3 is 0 Å². The summed E-state index contributed by atoms with van der Waals surface area (Å²) in [5.41, 5.74) is 2.43. The molecule has 26 heavy (non-hydrogen) atoms. The van der Waals surface area contributed by atoms with Crippen LogP contribution in [0.25, 0.3) is 11.3 Å². The Morgan fingerprint density at radius 3 is 2.50 bits per heavy atom. The SMILES string of the molecule is CC12CC3CC(C)(C1)CC(NCc1ccc(-c4cccc(Cl)c4)o1)(C3)C2. The van der Waals surface area contributed by atoms with Crippen LogP contribution in [0.1, 0.15) is 58.1 Å². The monoisotopic (exact) mass is 369 g/mol. The molecule has 0 amide bonds. The molecular formula is C23H28ClNO. The molecule has 3 heteroatoms. The molecule has 0 radical (unpaired) electrons. The lowest BCUT2D eigenvalue weighted by Crippen LogP contribution is -2.63.